The molecule has 0 saturated carbocycles. The molecule has 0 fully saturated rings. The molecule has 182 valence electrons. The lowest BCUT2D eigenvalue weighted by molar-refractivity contribution is 0.601. The Balaban J connectivity index is 1.27. The van der Waals surface area contributed by atoms with Crippen LogP contribution in [0.1, 0.15) is 5.01 Å². The number of nitrogens with one attached hydrogen (secondary N) is 2. The van der Waals surface area contributed by atoms with Crippen molar-refractivity contribution in [1.29, 1.82) is 5.26 Å². The van der Waals surface area contributed by atoms with Crippen LogP contribution in [0, 0.1) is 11.3 Å². The number of benzene rings is 3. The molecule has 7 nitrogen and oxygen atoms in total. The minimum Gasteiger partial charge on any atom is -0.360 e. The molecule has 2 N–H and O–H groups in total. The molecule has 37 heavy (non-hydrogen) atoms. The van der Waals surface area contributed by atoms with Gasteiger partial charge < -0.3 is 5.32 Å². The predicted octanol–water partition coefficient (Wildman–Crippen LogP) is 6.71. The first-order valence-corrected chi connectivity index (χ1v) is 14.3. The van der Waals surface area contributed by atoms with Gasteiger partial charge in [0.25, 0.3) is 10.0 Å². The van der Waals surface area contributed by atoms with Crippen LogP contribution < -0.4 is 10.0 Å². The maximum Gasteiger partial charge on any atom is 0.263 e. The second kappa shape index (κ2) is 10.8. The van der Waals surface area contributed by atoms with Crippen LogP contribution in [0.5, 0.6) is 0 Å². The number of hydrogen-bond donors (Lipinski definition) is 2. The lowest BCUT2D eigenvalue weighted by Gasteiger charge is -2.06. The molecule has 3 aromatic carbocycles. The summed E-state index contributed by atoms with van der Waals surface area (Å²) in [5, 5.41) is 17.2. The van der Waals surface area contributed by atoms with E-state index in [1.165, 1.54) is 41.0 Å². The number of nitriles is 1. The van der Waals surface area contributed by atoms with Gasteiger partial charge in [0, 0.05) is 34.4 Å². The van der Waals surface area contributed by atoms with Gasteiger partial charge in [-0.2, -0.15) is 5.26 Å². The maximum absolute atomic E-state index is 12.5. The minimum absolute atomic E-state index is 0.112. The van der Waals surface area contributed by atoms with Crippen LogP contribution >= 0.6 is 22.7 Å². The van der Waals surface area contributed by atoms with E-state index in [1.807, 2.05) is 35.7 Å². The molecule has 0 unspecified atom stereocenters. The van der Waals surface area contributed by atoms with Crippen molar-refractivity contribution >= 4 is 49.1 Å². The lowest BCUT2D eigenvalue weighted by atomic mass is 10.0. The molecule has 5 rings (SSSR count). The zero-order valence-electron chi connectivity index (χ0n) is 19.2. The molecular weight excluding hydrogens is 523 g/mol. The topological polar surface area (TPSA) is 108 Å². The number of allylic oxidation sites excluding steroid dienone is 1. The summed E-state index contributed by atoms with van der Waals surface area (Å²) in [6.45, 7) is 0. The van der Waals surface area contributed by atoms with E-state index in [9.17, 15) is 13.7 Å². The lowest BCUT2D eigenvalue weighted by Crippen LogP contribution is -2.12. The van der Waals surface area contributed by atoms with E-state index in [2.05, 4.69) is 50.3 Å². The number of anilines is 2. The Morgan fingerprint density at radius 2 is 1.59 bits per heavy atom. The SMILES string of the molecule is N#CC(=CNc1ccc(S(=O)(=O)Nc2nccs2)cc1)c1nc(-c2ccc(-c3ccccc3)cc2)cs1. The van der Waals surface area contributed by atoms with E-state index in [0.29, 0.717) is 21.4 Å². The van der Waals surface area contributed by atoms with Crippen LogP contribution in [0.3, 0.4) is 0 Å². The van der Waals surface area contributed by atoms with E-state index < -0.39 is 10.0 Å². The van der Waals surface area contributed by atoms with Gasteiger partial charge in [-0.1, -0.05) is 54.6 Å². The van der Waals surface area contributed by atoms with Crippen molar-refractivity contribution in [3.8, 4) is 28.5 Å². The van der Waals surface area contributed by atoms with Crippen LogP contribution in [-0.2, 0) is 10.0 Å². The maximum atomic E-state index is 12.5. The van der Waals surface area contributed by atoms with Crippen LogP contribution in [0.25, 0.3) is 28.0 Å². The zero-order chi connectivity index (χ0) is 25.7. The fourth-order valence-corrected chi connectivity index (χ4v) is 6.05. The first-order valence-electron chi connectivity index (χ1n) is 11.0. The molecule has 0 atom stereocenters. The fourth-order valence-electron chi connectivity index (χ4n) is 3.47. The molecule has 0 bridgehead atoms. The smallest absolute Gasteiger partial charge is 0.263 e. The van der Waals surface area contributed by atoms with E-state index in [0.717, 1.165) is 22.4 Å². The summed E-state index contributed by atoms with van der Waals surface area (Å²) in [7, 11) is -3.73. The predicted molar refractivity (Wildman–Crippen MR) is 150 cm³/mol. The van der Waals surface area contributed by atoms with Crippen molar-refractivity contribution in [2.75, 3.05) is 10.0 Å². The summed E-state index contributed by atoms with van der Waals surface area (Å²) < 4.78 is 27.4. The summed E-state index contributed by atoms with van der Waals surface area (Å²) in [6, 6.07) is 26.7. The summed E-state index contributed by atoms with van der Waals surface area (Å²) >= 11 is 2.59. The number of aromatic nitrogens is 2. The van der Waals surface area contributed by atoms with Crippen molar-refractivity contribution < 1.29 is 8.42 Å². The Hall–Kier alpha value is -4.30. The van der Waals surface area contributed by atoms with Gasteiger partial charge in [-0.05, 0) is 35.4 Å². The minimum atomic E-state index is -3.73. The number of thiazole rings is 2. The van der Waals surface area contributed by atoms with Crippen molar-refractivity contribution in [3.63, 3.8) is 0 Å². The summed E-state index contributed by atoms with van der Waals surface area (Å²) in [5.74, 6) is 0. The van der Waals surface area contributed by atoms with Crippen LogP contribution in [-0.4, -0.2) is 18.4 Å². The van der Waals surface area contributed by atoms with E-state index in [-0.39, 0.29) is 4.90 Å². The molecule has 0 aliphatic rings. The van der Waals surface area contributed by atoms with E-state index in [1.54, 1.807) is 23.7 Å². The van der Waals surface area contributed by atoms with Gasteiger partial charge in [0.2, 0.25) is 0 Å². The summed E-state index contributed by atoms with van der Waals surface area (Å²) in [4.78, 5) is 8.70. The van der Waals surface area contributed by atoms with Crippen LogP contribution in [0.2, 0.25) is 0 Å². The van der Waals surface area contributed by atoms with Gasteiger partial charge in [-0.15, -0.1) is 22.7 Å². The highest BCUT2D eigenvalue weighted by Gasteiger charge is 2.15. The molecule has 0 saturated heterocycles. The molecule has 0 amide bonds. The Kier molecular flexibility index (Phi) is 7.09. The Morgan fingerprint density at radius 1 is 0.892 bits per heavy atom. The van der Waals surface area contributed by atoms with Gasteiger partial charge in [0.15, 0.2) is 5.13 Å². The molecule has 0 radical (unpaired) electrons. The number of rotatable bonds is 8. The molecule has 0 aliphatic heterocycles. The normalized spacial score (nSPS) is 11.6. The van der Waals surface area contributed by atoms with Crippen LogP contribution in [0.15, 0.2) is 107 Å². The molecule has 5 aromatic rings. The third kappa shape index (κ3) is 5.76. The highest BCUT2D eigenvalue weighted by atomic mass is 32.2. The van der Waals surface area contributed by atoms with Crippen molar-refractivity contribution in [1.82, 2.24) is 9.97 Å². The summed E-state index contributed by atoms with van der Waals surface area (Å²) in [6.07, 6.45) is 3.10. The largest absolute Gasteiger partial charge is 0.360 e. The highest BCUT2D eigenvalue weighted by molar-refractivity contribution is 7.93. The fraction of sp³-hybridized carbons (Fsp3) is 0. The second-order valence-corrected chi connectivity index (χ2v) is 11.2. The van der Waals surface area contributed by atoms with Gasteiger partial charge in [-0.3, -0.25) is 4.72 Å². The molecule has 2 aromatic heterocycles. The van der Waals surface area contributed by atoms with E-state index >= 15 is 0 Å². The summed E-state index contributed by atoms with van der Waals surface area (Å²) in [5.41, 5.74) is 5.04. The Labute approximate surface area is 222 Å². The standard InChI is InChI=1S/C27H19N5O2S3/c28-16-22(17-30-23-10-12-24(13-11-23)37(33,34)32-27-29-14-15-35-27)26-31-25(18-36-26)21-8-6-20(7-9-21)19-4-2-1-3-5-19/h1-15,17-18,30H,(H,29,32). The van der Waals surface area contributed by atoms with Gasteiger partial charge in [0.05, 0.1) is 10.6 Å². The molecular formula is C27H19N5O2S3. The van der Waals surface area contributed by atoms with Crippen molar-refractivity contribution in [2.45, 2.75) is 4.90 Å². The quantitative estimate of drug-likeness (QED) is 0.211. The Bertz CT molecular complexity index is 1670. The van der Waals surface area contributed by atoms with Crippen molar-refractivity contribution in [3.05, 3.63) is 107 Å². The highest BCUT2D eigenvalue weighted by Crippen LogP contribution is 2.28. The average Bonchev–Trinajstić information content (AvgIpc) is 3.63. The molecule has 10 heteroatoms. The van der Waals surface area contributed by atoms with Gasteiger partial charge in [0.1, 0.15) is 16.6 Å². The number of hydrogen-bond acceptors (Lipinski definition) is 8. The first-order chi connectivity index (χ1) is 18.0. The monoisotopic (exact) mass is 541 g/mol. The zero-order valence-corrected chi connectivity index (χ0v) is 21.6. The van der Waals surface area contributed by atoms with Gasteiger partial charge in [-0.25, -0.2) is 18.4 Å². The number of sulfonamides is 1. The molecule has 2 heterocycles. The van der Waals surface area contributed by atoms with Crippen LogP contribution in [0.4, 0.5) is 10.8 Å². The van der Waals surface area contributed by atoms with Gasteiger partial charge >= 0.3 is 0 Å². The average molecular weight is 542 g/mol. The number of nitrogens with zero attached hydrogens (tertiary/aromatic N) is 3. The molecule has 0 spiro atoms. The third-order valence-corrected chi connectivity index (χ3v) is 8.39. The Morgan fingerprint density at radius 3 is 2.27 bits per heavy atom. The second-order valence-electron chi connectivity index (χ2n) is 7.76. The van der Waals surface area contributed by atoms with Crippen molar-refractivity contribution in [2.24, 2.45) is 0 Å². The third-order valence-electron chi connectivity index (χ3n) is 5.34. The van der Waals surface area contributed by atoms with E-state index in [4.69, 9.17) is 0 Å². The first kappa shape index (κ1) is 24.4. The molecule has 0 aliphatic carbocycles.